The molecule has 2 rings (SSSR count). The lowest BCUT2D eigenvalue weighted by Crippen LogP contribution is -2.13. The molecule has 1 atom stereocenters. The third-order valence-electron chi connectivity index (χ3n) is 3.34. The van der Waals surface area contributed by atoms with E-state index >= 15 is 0 Å². The summed E-state index contributed by atoms with van der Waals surface area (Å²) >= 11 is 6.09. The van der Waals surface area contributed by atoms with E-state index in [0.717, 1.165) is 11.1 Å². The van der Waals surface area contributed by atoms with Gasteiger partial charge in [0.25, 0.3) is 10.1 Å². The lowest BCUT2D eigenvalue weighted by Gasteiger charge is -2.14. The Bertz CT molecular complexity index is 741. The van der Waals surface area contributed by atoms with Crippen LogP contribution < -0.4 is 0 Å². The second-order valence-corrected chi connectivity index (χ2v) is 7.15. The summed E-state index contributed by atoms with van der Waals surface area (Å²) in [5.41, 5.74) is 1.84. The molecule has 0 aliphatic heterocycles. The second-order valence-electron chi connectivity index (χ2n) is 5.12. The molecule has 0 N–H and O–H groups in total. The van der Waals surface area contributed by atoms with Crippen LogP contribution in [0.5, 0.6) is 0 Å². The van der Waals surface area contributed by atoms with E-state index in [1.807, 2.05) is 32.0 Å². The van der Waals surface area contributed by atoms with Crippen molar-refractivity contribution in [1.82, 2.24) is 0 Å². The van der Waals surface area contributed by atoms with Crippen molar-refractivity contribution in [3.8, 4) is 0 Å². The first-order valence-corrected chi connectivity index (χ1v) is 9.01. The maximum absolute atomic E-state index is 12.0. The smallest absolute Gasteiger partial charge is 0.297 e. The standard InChI is InChI=1S/C17H19ClO4S/c1-13-7-9-15(10-8-13)23(19,20)22-12-11-21-14(2)16-5-3-4-6-17(16)18/h3-10,14H,11-12H2,1-2H3/t14-/m0/s1. The van der Waals surface area contributed by atoms with E-state index in [2.05, 4.69) is 0 Å². The van der Waals surface area contributed by atoms with Crippen molar-refractivity contribution in [2.24, 2.45) is 0 Å². The average Bonchev–Trinajstić information content (AvgIpc) is 2.52. The van der Waals surface area contributed by atoms with E-state index < -0.39 is 10.1 Å². The molecule has 0 unspecified atom stereocenters. The van der Waals surface area contributed by atoms with Gasteiger partial charge in [-0.05, 0) is 37.6 Å². The van der Waals surface area contributed by atoms with E-state index in [4.69, 9.17) is 20.5 Å². The number of benzene rings is 2. The molecule has 0 saturated heterocycles. The number of rotatable bonds is 7. The van der Waals surface area contributed by atoms with Crippen LogP contribution in [0.3, 0.4) is 0 Å². The van der Waals surface area contributed by atoms with Crippen molar-refractivity contribution in [2.75, 3.05) is 13.2 Å². The first-order valence-electron chi connectivity index (χ1n) is 7.22. The molecule has 124 valence electrons. The predicted molar refractivity (Wildman–Crippen MR) is 90.1 cm³/mol. The van der Waals surface area contributed by atoms with Crippen LogP contribution in [0.4, 0.5) is 0 Å². The van der Waals surface area contributed by atoms with Crippen LogP contribution in [-0.2, 0) is 19.0 Å². The Morgan fingerprint density at radius 2 is 1.70 bits per heavy atom. The number of hydrogen-bond donors (Lipinski definition) is 0. The molecule has 0 fully saturated rings. The van der Waals surface area contributed by atoms with E-state index in [1.54, 1.807) is 18.2 Å². The molecule has 0 aliphatic carbocycles. The molecule has 0 aromatic heterocycles. The van der Waals surface area contributed by atoms with Gasteiger partial charge in [-0.2, -0.15) is 8.42 Å². The molecule has 23 heavy (non-hydrogen) atoms. The van der Waals surface area contributed by atoms with Crippen LogP contribution in [0.2, 0.25) is 5.02 Å². The number of halogens is 1. The second kappa shape index (κ2) is 7.93. The quantitative estimate of drug-likeness (QED) is 0.554. The Morgan fingerprint density at radius 3 is 2.35 bits per heavy atom. The predicted octanol–water partition coefficient (Wildman–Crippen LogP) is 4.13. The Hall–Kier alpha value is -1.40. The zero-order valence-corrected chi connectivity index (χ0v) is 14.6. The van der Waals surface area contributed by atoms with Gasteiger partial charge in [-0.25, -0.2) is 0 Å². The van der Waals surface area contributed by atoms with Crippen LogP contribution in [-0.4, -0.2) is 21.6 Å². The number of hydrogen-bond acceptors (Lipinski definition) is 4. The van der Waals surface area contributed by atoms with Gasteiger partial charge in [0.2, 0.25) is 0 Å². The fraction of sp³-hybridized carbons (Fsp3) is 0.294. The fourth-order valence-corrected chi connectivity index (χ4v) is 3.22. The van der Waals surface area contributed by atoms with E-state index in [9.17, 15) is 8.42 Å². The van der Waals surface area contributed by atoms with Crippen molar-refractivity contribution < 1.29 is 17.3 Å². The van der Waals surface area contributed by atoms with Crippen molar-refractivity contribution in [1.29, 1.82) is 0 Å². The highest BCUT2D eigenvalue weighted by Gasteiger charge is 2.15. The maximum Gasteiger partial charge on any atom is 0.297 e. The molecule has 0 heterocycles. The zero-order chi connectivity index (χ0) is 16.9. The van der Waals surface area contributed by atoms with Gasteiger partial charge < -0.3 is 4.74 Å². The molecule has 4 nitrogen and oxygen atoms in total. The number of ether oxygens (including phenoxy) is 1. The Kier molecular flexibility index (Phi) is 6.18. The molecule has 0 spiro atoms. The third-order valence-corrected chi connectivity index (χ3v) is 5.01. The summed E-state index contributed by atoms with van der Waals surface area (Å²) in [6, 6.07) is 13.9. The first kappa shape index (κ1) is 17.9. The van der Waals surface area contributed by atoms with Crippen LogP contribution in [0.25, 0.3) is 0 Å². The molecule has 0 bridgehead atoms. The highest BCUT2D eigenvalue weighted by molar-refractivity contribution is 7.86. The SMILES string of the molecule is Cc1ccc(S(=O)(=O)OCCO[C@@H](C)c2ccccc2Cl)cc1. The minimum Gasteiger partial charge on any atom is -0.371 e. The van der Waals surface area contributed by atoms with Gasteiger partial charge in [0.05, 0.1) is 24.2 Å². The molecule has 6 heteroatoms. The van der Waals surface area contributed by atoms with Gasteiger partial charge in [-0.3, -0.25) is 4.18 Å². The lowest BCUT2D eigenvalue weighted by molar-refractivity contribution is 0.0452. The van der Waals surface area contributed by atoms with E-state index in [1.165, 1.54) is 12.1 Å². The first-order chi connectivity index (χ1) is 10.9. The molecule has 0 aliphatic rings. The molecule has 0 amide bonds. The van der Waals surface area contributed by atoms with Crippen molar-refractivity contribution in [2.45, 2.75) is 24.8 Å². The largest absolute Gasteiger partial charge is 0.371 e. The summed E-state index contributed by atoms with van der Waals surface area (Å²) in [5.74, 6) is 0. The topological polar surface area (TPSA) is 52.6 Å². The lowest BCUT2D eigenvalue weighted by atomic mass is 10.1. The van der Waals surface area contributed by atoms with Gasteiger partial charge in [-0.15, -0.1) is 0 Å². The van der Waals surface area contributed by atoms with Gasteiger partial charge in [0, 0.05) is 5.02 Å². The maximum atomic E-state index is 12.0. The summed E-state index contributed by atoms with van der Waals surface area (Å²) in [5, 5.41) is 0.619. The van der Waals surface area contributed by atoms with Crippen molar-refractivity contribution in [3.05, 3.63) is 64.7 Å². The summed E-state index contributed by atoms with van der Waals surface area (Å²) in [6.45, 7) is 3.85. The average molecular weight is 355 g/mol. The van der Waals surface area contributed by atoms with Gasteiger partial charge in [0.1, 0.15) is 0 Å². The van der Waals surface area contributed by atoms with Crippen molar-refractivity contribution >= 4 is 21.7 Å². The molecule has 2 aromatic rings. The van der Waals surface area contributed by atoms with Gasteiger partial charge >= 0.3 is 0 Å². The molecule has 0 saturated carbocycles. The molecule has 2 aromatic carbocycles. The monoisotopic (exact) mass is 354 g/mol. The summed E-state index contributed by atoms with van der Waals surface area (Å²) < 4.78 is 34.6. The van der Waals surface area contributed by atoms with Crippen LogP contribution >= 0.6 is 11.6 Å². The summed E-state index contributed by atoms with van der Waals surface area (Å²) in [6.07, 6.45) is -0.241. The minimum absolute atomic E-state index is 0.0506. The van der Waals surface area contributed by atoms with Gasteiger partial charge in [0.15, 0.2) is 0 Å². The van der Waals surface area contributed by atoms with Gasteiger partial charge in [-0.1, -0.05) is 47.5 Å². The third kappa shape index (κ3) is 5.04. The fourth-order valence-electron chi connectivity index (χ4n) is 2.04. The van der Waals surface area contributed by atoms with Crippen molar-refractivity contribution in [3.63, 3.8) is 0 Å². The molecule has 0 radical (unpaired) electrons. The summed E-state index contributed by atoms with van der Waals surface area (Å²) in [4.78, 5) is 0.141. The Labute approximate surface area is 142 Å². The van der Waals surface area contributed by atoms with Crippen LogP contribution in [0, 0.1) is 6.92 Å². The van der Waals surface area contributed by atoms with E-state index in [-0.39, 0.29) is 24.2 Å². The highest BCUT2D eigenvalue weighted by atomic mass is 35.5. The van der Waals surface area contributed by atoms with Crippen LogP contribution in [0.1, 0.15) is 24.2 Å². The Balaban J connectivity index is 1.85. The summed E-state index contributed by atoms with van der Waals surface area (Å²) in [7, 11) is -3.75. The Morgan fingerprint density at radius 1 is 1.04 bits per heavy atom. The van der Waals surface area contributed by atoms with E-state index in [0.29, 0.717) is 5.02 Å². The number of aryl methyl sites for hydroxylation is 1. The normalized spacial score (nSPS) is 13.0. The minimum atomic E-state index is -3.75. The zero-order valence-electron chi connectivity index (χ0n) is 13.0. The highest BCUT2D eigenvalue weighted by Crippen LogP contribution is 2.24. The molecular weight excluding hydrogens is 336 g/mol. The molecular formula is C17H19ClO4S. The van der Waals surface area contributed by atoms with Crippen LogP contribution in [0.15, 0.2) is 53.4 Å².